The molecule has 6 heteroatoms. The standard InChI is InChI=1S/C14H19ClN2O2S/c1-2-19-14(18)12(17-10-5-6-10)7-9-20-13-11(15)4-3-8-16-13/h3-4,8,10,12,17H,2,5-7,9H2,1H3. The molecular weight excluding hydrogens is 296 g/mol. The number of ether oxygens (including phenoxy) is 1. The fourth-order valence-corrected chi connectivity index (χ4v) is 2.97. The minimum absolute atomic E-state index is 0.160. The van der Waals surface area contributed by atoms with E-state index in [1.54, 1.807) is 18.0 Å². The van der Waals surface area contributed by atoms with E-state index in [9.17, 15) is 4.79 Å². The highest BCUT2D eigenvalue weighted by Gasteiger charge is 2.28. The molecule has 0 saturated heterocycles. The molecule has 1 aliphatic carbocycles. The third-order valence-electron chi connectivity index (χ3n) is 2.96. The van der Waals surface area contributed by atoms with Crippen molar-refractivity contribution in [3.05, 3.63) is 23.4 Å². The van der Waals surface area contributed by atoms with E-state index in [1.165, 1.54) is 0 Å². The predicted octanol–water partition coefficient (Wildman–Crippen LogP) is 2.90. The number of carbonyl (C=O) groups is 1. The number of hydrogen-bond acceptors (Lipinski definition) is 5. The number of hydrogen-bond donors (Lipinski definition) is 1. The van der Waals surface area contributed by atoms with Crippen LogP contribution in [0.2, 0.25) is 5.02 Å². The summed E-state index contributed by atoms with van der Waals surface area (Å²) in [6.45, 7) is 2.25. The normalized spacial score (nSPS) is 15.9. The quantitative estimate of drug-likeness (QED) is 0.590. The first-order chi connectivity index (χ1) is 9.70. The SMILES string of the molecule is CCOC(=O)C(CCSc1ncccc1Cl)NC1CC1. The van der Waals surface area contributed by atoms with E-state index < -0.39 is 0 Å². The molecule has 110 valence electrons. The van der Waals surface area contributed by atoms with Crippen molar-refractivity contribution < 1.29 is 9.53 Å². The topological polar surface area (TPSA) is 51.2 Å². The molecule has 1 fully saturated rings. The molecule has 0 aromatic carbocycles. The van der Waals surface area contributed by atoms with Gasteiger partial charge in [-0.1, -0.05) is 11.6 Å². The lowest BCUT2D eigenvalue weighted by Gasteiger charge is -2.16. The smallest absolute Gasteiger partial charge is 0.323 e. The second kappa shape index (κ2) is 7.86. The molecule has 1 N–H and O–H groups in total. The average molecular weight is 315 g/mol. The van der Waals surface area contributed by atoms with E-state index in [0.29, 0.717) is 24.1 Å². The molecule has 1 heterocycles. The number of pyridine rings is 1. The molecule has 1 unspecified atom stereocenters. The van der Waals surface area contributed by atoms with Crippen LogP contribution in [0.15, 0.2) is 23.4 Å². The summed E-state index contributed by atoms with van der Waals surface area (Å²) < 4.78 is 5.11. The van der Waals surface area contributed by atoms with Crippen LogP contribution in [-0.4, -0.2) is 35.4 Å². The lowest BCUT2D eigenvalue weighted by atomic mass is 10.2. The van der Waals surface area contributed by atoms with Gasteiger partial charge < -0.3 is 10.1 Å². The third-order valence-corrected chi connectivity index (χ3v) is 4.41. The second-order valence-corrected chi connectivity index (χ2v) is 6.16. The average Bonchev–Trinajstić information content (AvgIpc) is 3.24. The van der Waals surface area contributed by atoms with Crippen molar-refractivity contribution in [1.82, 2.24) is 10.3 Å². The fraction of sp³-hybridized carbons (Fsp3) is 0.571. The maximum Gasteiger partial charge on any atom is 0.323 e. The van der Waals surface area contributed by atoms with Crippen LogP contribution in [0.5, 0.6) is 0 Å². The summed E-state index contributed by atoms with van der Waals surface area (Å²) in [5.74, 6) is 0.618. The summed E-state index contributed by atoms with van der Waals surface area (Å²) in [4.78, 5) is 16.1. The van der Waals surface area contributed by atoms with Gasteiger partial charge >= 0.3 is 5.97 Å². The molecule has 0 amide bonds. The number of carbonyl (C=O) groups excluding carboxylic acids is 1. The van der Waals surface area contributed by atoms with E-state index >= 15 is 0 Å². The van der Waals surface area contributed by atoms with Crippen LogP contribution in [0.4, 0.5) is 0 Å². The number of nitrogens with zero attached hydrogens (tertiary/aromatic N) is 1. The molecule has 0 aliphatic heterocycles. The summed E-state index contributed by atoms with van der Waals surface area (Å²) in [6, 6.07) is 3.88. The number of esters is 1. The lowest BCUT2D eigenvalue weighted by Crippen LogP contribution is -2.39. The highest BCUT2D eigenvalue weighted by Crippen LogP contribution is 2.26. The van der Waals surface area contributed by atoms with E-state index in [-0.39, 0.29) is 12.0 Å². The summed E-state index contributed by atoms with van der Waals surface area (Å²) in [5.41, 5.74) is 0. The highest BCUT2D eigenvalue weighted by atomic mass is 35.5. The van der Waals surface area contributed by atoms with Gasteiger partial charge in [-0.05, 0) is 38.3 Å². The summed E-state index contributed by atoms with van der Waals surface area (Å²) in [6.07, 6.45) is 4.73. The van der Waals surface area contributed by atoms with E-state index in [4.69, 9.17) is 16.3 Å². The molecule has 1 aromatic rings. The van der Waals surface area contributed by atoms with Crippen molar-refractivity contribution in [3.8, 4) is 0 Å². The molecule has 4 nitrogen and oxygen atoms in total. The Hall–Kier alpha value is -0.780. The first-order valence-electron chi connectivity index (χ1n) is 6.86. The Morgan fingerprint density at radius 3 is 3.10 bits per heavy atom. The number of aromatic nitrogens is 1. The van der Waals surface area contributed by atoms with Crippen LogP contribution < -0.4 is 5.32 Å². The zero-order chi connectivity index (χ0) is 14.4. The number of halogens is 1. The van der Waals surface area contributed by atoms with E-state index in [2.05, 4.69) is 10.3 Å². The van der Waals surface area contributed by atoms with Crippen LogP contribution >= 0.6 is 23.4 Å². The van der Waals surface area contributed by atoms with Gasteiger partial charge in [0.1, 0.15) is 11.1 Å². The Bertz CT molecular complexity index is 455. The van der Waals surface area contributed by atoms with Crippen molar-refractivity contribution in [2.24, 2.45) is 0 Å². The molecular formula is C14H19ClN2O2S. The van der Waals surface area contributed by atoms with Crippen molar-refractivity contribution in [1.29, 1.82) is 0 Å². The van der Waals surface area contributed by atoms with Crippen LogP contribution in [0.3, 0.4) is 0 Å². The van der Waals surface area contributed by atoms with Crippen molar-refractivity contribution in [2.45, 2.75) is 43.3 Å². The first kappa shape index (κ1) is 15.6. The van der Waals surface area contributed by atoms with Gasteiger partial charge in [0, 0.05) is 18.0 Å². The molecule has 1 saturated carbocycles. The molecule has 1 aliphatic rings. The third kappa shape index (κ3) is 4.96. The zero-order valence-electron chi connectivity index (χ0n) is 11.5. The Balaban J connectivity index is 1.81. The molecule has 1 aromatic heterocycles. The molecule has 2 rings (SSSR count). The number of nitrogens with one attached hydrogen (secondary N) is 1. The number of rotatable bonds is 8. The number of thioether (sulfide) groups is 1. The Morgan fingerprint density at radius 2 is 2.45 bits per heavy atom. The van der Waals surface area contributed by atoms with Gasteiger partial charge in [-0.3, -0.25) is 4.79 Å². The Labute approximate surface area is 128 Å². The summed E-state index contributed by atoms with van der Waals surface area (Å²) in [7, 11) is 0. The lowest BCUT2D eigenvalue weighted by molar-refractivity contribution is -0.145. The minimum atomic E-state index is -0.225. The summed E-state index contributed by atoms with van der Waals surface area (Å²) >= 11 is 7.62. The monoisotopic (exact) mass is 314 g/mol. The van der Waals surface area contributed by atoms with Gasteiger partial charge in [0.25, 0.3) is 0 Å². The van der Waals surface area contributed by atoms with Crippen LogP contribution in [0.25, 0.3) is 0 Å². The fourth-order valence-electron chi connectivity index (χ4n) is 1.80. The largest absolute Gasteiger partial charge is 0.465 e. The molecule has 20 heavy (non-hydrogen) atoms. The van der Waals surface area contributed by atoms with Crippen molar-refractivity contribution in [2.75, 3.05) is 12.4 Å². The Morgan fingerprint density at radius 1 is 1.65 bits per heavy atom. The first-order valence-corrected chi connectivity index (χ1v) is 8.23. The maximum absolute atomic E-state index is 11.9. The van der Waals surface area contributed by atoms with Crippen LogP contribution in [-0.2, 0) is 9.53 Å². The van der Waals surface area contributed by atoms with Gasteiger partial charge in [0.15, 0.2) is 0 Å². The predicted molar refractivity (Wildman–Crippen MR) is 81.2 cm³/mol. The molecule has 0 bridgehead atoms. The Kier molecular flexibility index (Phi) is 6.13. The maximum atomic E-state index is 11.9. The van der Waals surface area contributed by atoms with Gasteiger partial charge in [-0.25, -0.2) is 4.98 Å². The second-order valence-electron chi connectivity index (χ2n) is 4.67. The van der Waals surface area contributed by atoms with Gasteiger partial charge in [0.05, 0.1) is 11.6 Å². The van der Waals surface area contributed by atoms with Crippen LogP contribution in [0.1, 0.15) is 26.2 Å². The van der Waals surface area contributed by atoms with E-state index in [1.807, 2.05) is 19.1 Å². The molecule has 0 radical (unpaired) electrons. The van der Waals surface area contributed by atoms with Crippen LogP contribution in [0, 0.1) is 0 Å². The van der Waals surface area contributed by atoms with E-state index in [0.717, 1.165) is 23.6 Å². The van der Waals surface area contributed by atoms with Gasteiger partial charge in [-0.15, -0.1) is 11.8 Å². The molecule has 1 atom stereocenters. The summed E-state index contributed by atoms with van der Waals surface area (Å²) in [5, 5.41) is 4.80. The van der Waals surface area contributed by atoms with Gasteiger partial charge in [0.2, 0.25) is 0 Å². The zero-order valence-corrected chi connectivity index (χ0v) is 13.0. The van der Waals surface area contributed by atoms with Crippen molar-refractivity contribution >= 4 is 29.3 Å². The highest BCUT2D eigenvalue weighted by molar-refractivity contribution is 7.99. The van der Waals surface area contributed by atoms with Crippen molar-refractivity contribution in [3.63, 3.8) is 0 Å². The molecule has 0 spiro atoms. The minimum Gasteiger partial charge on any atom is -0.465 e. The van der Waals surface area contributed by atoms with Gasteiger partial charge in [-0.2, -0.15) is 0 Å².